The van der Waals surface area contributed by atoms with E-state index in [-0.39, 0.29) is 11.9 Å². The Morgan fingerprint density at radius 1 is 1.26 bits per heavy atom. The standard InChI is InChI=1S/C14H13ClF2N2/c1-18-14(11-4-5-19-8-13(11)17)7-9-6-10(15)2-3-12(9)16/h2-6,8,14,18H,7H2,1H3. The highest BCUT2D eigenvalue weighted by Gasteiger charge is 2.16. The molecular formula is C14H13ClF2N2. The number of nitrogens with one attached hydrogen (secondary N) is 1. The molecule has 1 unspecified atom stereocenters. The minimum atomic E-state index is -0.413. The number of pyridine rings is 1. The van der Waals surface area contributed by atoms with Gasteiger partial charge in [-0.05, 0) is 43.3 Å². The molecule has 1 heterocycles. The molecule has 19 heavy (non-hydrogen) atoms. The van der Waals surface area contributed by atoms with Crippen molar-refractivity contribution in [3.63, 3.8) is 0 Å². The largest absolute Gasteiger partial charge is 0.313 e. The van der Waals surface area contributed by atoms with Crippen molar-refractivity contribution in [2.24, 2.45) is 0 Å². The summed E-state index contributed by atoms with van der Waals surface area (Å²) in [6, 6.07) is 5.60. The van der Waals surface area contributed by atoms with Gasteiger partial charge < -0.3 is 5.32 Å². The molecule has 1 aromatic heterocycles. The van der Waals surface area contributed by atoms with Crippen molar-refractivity contribution in [3.8, 4) is 0 Å². The van der Waals surface area contributed by atoms with Gasteiger partial charge in [0, 0.05) is 22.8 Å². The van der Waals surface area contributed by atoms with Gasteiger partial charge in [-0.2, -0.15) is 0 Å². The van der Waals surface area contributed by atoms with E-state index in [4.69, 9.17) is 11.6 Å². The predicted molar refractivity (Wildman–Crippen MR) is 71.1 cm³/mol. The topological polar surface area (TPSA) is 24.9 Å². The molecule has 0 aliphatic heterocycles. The van der Waals surface area contributed by atoms with Crippen molar-refractivity contribution < 1.29 is 8.78 Å². The van der Waals surface area contributed by atoms with Crippen LogP contribution in [0.15, 0.2) is 36.7 Å². The highest BCUT2D eigenvalue weighted by Crippen LogP contribution is 2.23. The third-order valence-electron chi connectivity index (χ3n) is 2.96. The number of nitrogens with zero attached hydrogens (tertiary/aromatic N) is 1. The Hall–Kier alpha value is -1.52. The van der Waals surface area contributed by atoms with Gasteiger partial charge in [0.25, 0.3) is 0 Å². The molecule has 0 fully saturated rings. The van der Waals surface area contributed by atoms with Crippen molar-refractivity contribution in [1.82, 2.24) is 10.3 Å². The molecule has 0 radical (unpaired) electrons. The number of hydrogen-bond acceptors (Lipinski definition) is 2. The van der Waals surface area contributed by atoms with Crippen molar-refractivity contribution >= 4 is 11.6 Å². The van der Waals surface area contributed by atoms with Crippen molar-refractivity contribution in [3.05, 3.63) is 64.4 Å². The van der Waals surface area contributed by atoms with Crippen molar-refractivity contribution in [2.75, 3.05) is 7.05 Å². The molecular weight excluding hydrogens is 270 g/mol. The summed E-state index contributed by atoms with van der Waals surface area (Å²) in [6.45, 7) is 0. The molecule has 1 N–H and O–H groups in total. The summed E-state index contributed by atoms with van der Waals surface area (Å²) >= 11 is 5.85. The number of halogens is 3. The number of aromatic nitrogens is 1. The van der Waals surface area contributed by atoms with Crippen LogP contribution in [0.1, 0.15) is 17.2 Å². The molecule has 0 amide bonds. The maximum atomic E-state index is 13.7. The zero-order chi connectivity index (χ0) is 13.8. The average molecular weight is 283 g/mol. The highest BCUT2D eigenvalue weighted by molar-refractivity contribution is 6.30. The highest BCUT2D eigenvalue weighted by atomic mass is 35.5. The minimum Gasteiger partial charge on any atom is -0.313 e. The van der Waals surface area contributed by atoms with E-state index in [2.05, 4.69) is 10.3 Å². The third-order valence-corrected chi connectivity index (χ3v) is 3.19. The zero-order valence-corrected chi connectivity index (χ0v) is 11.1. The van der Waals surface area contributed by atoms with Crippen LogP contribution in [0.2, 0.25) is 5.02 Å². The lowest BCUT2D eigenvalue weighted by atomic mass is 9.99. The second-order valence-corrected chi connectivity index (χ2v) is 4.61. The molecule has 2 rings (SSSR count). The summed E-state index contributed by atoms with van der Waals surface area (Å²) in [5.74, 6) is -0.761. The molecule has 0 aliphatic rings. The summed E-state index contributed by atoms with van der Waals surface area (Å²) < 4.78 is 27.4. The lowest BCUT2D eigenvalue weighted by Gasteiger charge is -2.17. The Kier molecular flexibility index (Phi) is 4.45. The number of likely N-dealkylation sites (N-methyl/N-ethyl adjacent to an activating group) is 1. The molecule has 100 valence electrons. The summed E-state index contributed by atoms with van der Waals surface area (Å²) in [7, 11) is 1.70. The van der Waals surface area contributed by atoms with Crippen LogP contribution in [-0.4, -0.2) is 12.0 Å². The molecule has 2 nitrogen and oxygen atoms in total. The molecule has 0 spiro atoms. The van der Waals surface area contributed by atoms with E-state index in [1.807, 2.05) is 0 Å². The van der Waals surface area contributed by atoms with Crippen LogP contribution < -0.4 is 5.32 Å². The maximum absolute atomic E-state index is 13.7. The Balaban J connectivity index is 2.29. The first-order chi connectivity index (χ1) is 9.11. The first kappa shape index (κ1) is 13.9. The lowest BCUT2D eigenvalue weighted by molar-refractivity contribution is 0.517. The fourth-order valence-corrected chi connectivity index (χ4v) is 2.15. The summed E-state index contributed by atoms with van der Waals surface area (Å²) in [5, 5.41) is 3.44. The average Bonchev–Trinajstić information content (AvgIpc) is 2.41. The molecule has 2 aromatic rings. The molecule has 0 saturated heterocycles. The van der Waals surface area contributed by atoms with E-state index in [9.17, 15) is 8.78 Å². The van der Waals surface area contributed by atoms with Crippen molar-refractivity contribution in [2.45, 2.75) is 12.5 Å². The SMILES string of the molecule is CNC(Cc1cc(Cl)ccc1F)c1ccncc1F. The maximum Gasteiger partial charge on any atom is 0.146 e. The van der Waals surface area contributed by atoms with E-state index in [1.54, 1.807) is 19.2 Å². The van der Waals surface area contributed by atoms with Crippen LogP contribution in [-0.2, 0) is 6.42 Å². The fraction of sp³-hybridized carbons (Fsp3) is 0.214. The van der Waals surface area contributed by atoms with Crippen LogP contribution >= 0.6 is 11.6 Å². The second-order valence-electron chi connectivity index (χ2n) is 4.18. The van der Waals surface area contributed by atoms with Gasteiger partial charge >= 0.3 is 0 Å². The molecule has 1 aromatic carbocycles. The van der Waals surface area contributed by atoms with Crippen LogP contribution in [0.3, 0.4) is 0 Å². The number of hydrogen-bond donors (Lipinski definition) is 1. The Morgan fingerprint density at radius 3 is 2.74 bits per heavy atom. The zero-order valence-electron chi connectivity index (χ0n) is 10.3. The third kappa shape index (κ3) is 3.28. The fourth-order valence-electron chi connectivity index (χ4n) is 1.96. The van der Waals surface area contributed by atoms with E-state index >= 15 is 0 Å². The van der Waals surface area contributed by atoms with Gasteiger partial charge in [0.1, 0.15) is 11.6 Å². The summed E-state index contributed by atoms with van der Waals surface area (Å²) in [5.41, 5.74) is 0.903. The van der Waals surface area contributed by atoms with Gasteiger partial charge in [0.05, 0.1) is 6.20 Å². The van der Waals surface area contributed by atoms with Gasteiger partial charge in [0.15, 0.2) is 0 Å². The lowest BCUT2D eigenvalue weighted by Crippen LogP contribution is -2.20. The Morgan fingerprint density at radius 2 is 2.05 bits per heavy atom. The molecule has 1 atom stereocenters. The van der Waals surface area contributed by atoms with E-state index < -0.39 is 5.82 Å². The minimum absolute atomic E-state index is 0.309. The van der Waals surface area contributed by atoms with Crippen LogP contribution in [0.4, 0.5) is 8.78 Å². The molecule has 0 bridgehead atoms. The Bertz CT molecular complexity index is 575. The van der Waals surface area contributed by atoms with Gasteiger partial charge in [0.2, 0.25) is 0 Å². The monoisotopic (exact) mass is 282 g/mol. The van der Waals surface area contributed by atoms with E-state index in [1.165, 1.54) is 18.3 Å². The molecule has 5 heteroatoms. The number of rotatable bonds is 4. The second kappa shape index (κ2) is 6.08. The predicted octanol–water partition coefficient (Wildman–Crippen LogP) is 3.52. The smallest absolute Gasteiger partial charge is 0.146 e. The number of benzene rings is 1. The van der Waals surface area contributed by atoms with Gasteiger partial charge in [-0.1, -0.05) is 11.6 Å². The first-order valence-electron chi connectivity index (χ1n) is 5.82. The van der Waals surface area contributed by atoms with Crippen LogP contribution in [0.25, 0.3) is 0 Å². The van der Waals surface area contributed by atoms with Gasteiger partial charge in [-0.15, -0.1) is 0 Å². The summed E-state index contributed by atoms with van der Waals surface area (Å²) in [4.78, 5) is 3.70. The van der Waals surface area contributed by atoms with Crippen molar-refractivity contribution in [1.29, 1.82) is 0 Å². The van der Waals surface area contributed by atoms with E-state index in [0.717, 1.165) is 6.20 Å². The quantitative estimate of drug-likeness (QED) is 0.928. The van der Waals surface area contributed by atoms with Gasteiger partial charge in [-0.3, -0.25) is 4.98 Å². The van der Waals surface area contributed by atoms with Gasteiger partial charge in [-0.25, -0.2) is 8.78 Å². The Labute approximate surface area is 115 Å². The molecule has 0 saturated carbocycles. The van der Waals surface area contributed by atoms with Crippen LogP contribution in [0, 0.1) is 11.6 Å². The first-order valence-corrected chi connectivity index (χ1v) is 6.20. The summed E-state index contributed by atoms with van der Waals surface area (Å²) in [6.07, 6.45) is 2.97. The van der Waals surface area contributed by atoms with Crippen LogP contribution in [0.5, 0.6) is 0 Å². The van der Waals surface area contributed by atoms with E-state index in [0.29, 0.717) is 22.6 Å². The normalized spacial score (nSPS) is 12.4. The molecule has 0 aliphatic carbocycles.